The van der Waals surface area contributed by atoms with E-state index in [0.717, 1.165) is 28.0 Å². The number of hydrogen-bond donors (Lipinski definition) is 1. The molecule has 0 bridgehead atoms. The first-order chi connectivity index (χ1) is 16.9. The van der Waals surface area contributed by atoms with Gasteiger partial charge in [-0.1, -0.05) is 18.2 Å². The van der Waals surface area contributed by atoms with Gasteiger partial charge < -0.3 is 24.3 Å². The van der Waals surface area contributed by atoms with Crippen LogP contribution in [0.1, 0.15) is 11.1 Å². The zero-order valence-electron chi connectivity index (χ0n) is 19.7. The van der Waals surface area contributed by atoms with Crippen LogP contribution < -0.4 is 24.3 Å². The lowest BCUT2D eigenvalue weighted by atomic mass is 9.96. The number of para-hydroxylation sites is 1. The SMILES string of the molecule is COc1cc(/C=C2/SC(=O)N(CCNC(=O)C3COc4ccccc4C3)C2=O)cc(OC)c1OC. The monoisotopic (exact) mass is 498 g/mol. The lowest BCUT2D eigenvalue weighted by Gasteiger charge is -2.24. The van der Waals surface area contributed by atoms with E-state index in [1.54, 1.807) is 18.2 Å². The first kappa shape index (κ1) is 24.5. The lowest BCUT2D eigenvalue weighted by Crippen LogP contribution is -2.42. The second kappa shape index (κ2) is 10.7. The Hall–Kier alpha value is -3.66. The number of carbonyl (C=O) groups is 3. The van der Waals surface area contributed by atoms with Gasteiger partial charge in [-0.05, 0) is 53.6 Å². The fourth-order valence-corrected chi connectivity index (χ4v) is 4.83. The minimum absolute atomic E-state index is 0.0766. The Morgan fingerprint density at radius 1 is 1.14 bits per heavy atom. The predicted molar refractivity (Wildman–Crippen MR) is 131 cm³/mol. The van der Waals surface area contributed by atoms with Gasteiger partial charge in [0.1, 0.15) is 12.4 Å². The van der Waals surface area contributed by atoms with Gasteiger partial charge in [0.15, 0.2) is 11.5 Å². The topological polar surface area (TPSA) is 103 Å². The van der Waals surface area contributed by atoms with E-state index in [1.165, 1.54) is 21.3 Å². The van der Waals surface area contributed by atoms with Gasteiger partial charge in [0, 0.05) is 13.1 Å². The summed E-state index contributed by atoms with van der Waals surface area (Å²) >= 11 is 0.846. The number of amides is 3. The van der Waals surface area contributed by atoms with Gasteiger partial charge in [-0.25, -0.2) is 0 Å². The minimum Gasteiger partial charge on any atom is -0.493 e. The van der Waals surface area contributed by atoms with Crippen molar-refractivity contribution in [2.45, 2.75) is 6.42 Å². The summed E-state index contributed by atoms with van der Waals surface area (Å²) in [6, 6.07) is 11.0. The number of thioether (sulfide) groups is 1. The zero-order valence-corrected chi connectivity index (χ0v) is 20.5. The van der Waals surface area contributed by atoms with Crippen LogP contribution in [0.4, 0.5) is 4.79 Å². The van der Waals surface area contributed by atoms with Crippen LogP contribution in [0.2, 0.25) is 0 Å². The van der Waals surface area contributed by atoms with E-state index in [1.807, 2.05) is 24.3 Å². The summed E-state index contributed by atoms with van der Waals surface area (Å²) in [4.78, 5) is 39.3. The van der Waals surface area contributed by atoms with Crippen molar-refractivity contribution in [3.63, 3.8) is 0 Å². The van der Waals surface area contributed by atoms with Gasteiger partial charge in [0.05, 0.1) is 32.2 Å². The number of carbonyl (C=O) groups excluding carboxylic acids is 3. The van der Waals surface area contributed by atoms with E-state index in [-0.39, 0.29) is 29.8 Å². The van der Waals surface area contributed by atoms with E-state index in [9.17, 15) is 14.4 Å². The summed E-state index contributed by atoms with van der Waals surface area (Å²) in [7, 11) is 4.51. The number of imide groups is 1. The van der Waals surface area contributed by atoms with E-state index in [4.69, 9.17) is 18.9 Å². The third-order valence-corrected chi connectivity index (χ3v) is 6.65. The number of hydrogen-bond acceptors (Lipinski definition) is 8. The van der Waals surface area contributed by atoms with E-state index < -0.39 is 11.1 Å². The molecule has 35 heavy (non-hydrogen) atoms. The summed E-state index contributed by atoms with van der Waals surface area (Å²) in [6.07, 6.45) is 2.19. The zero-order chi connectivity index (χ0) is 24.9. The molecule has 1 N–H and O–H groups in total. The van der Waals surface area contributed by atoms with E-state index in [0.29, 0.717) is 35.8 Å². The normalized spacial score (nSPS) is 18.2. The highest BCUT2D eigenvalue weighted by Crippen LogP contribution is 2.40. The molecule has 2 aromatic rings. The Morgan fingerprint density at radius 2 is 1.86 bits per heavy atom. The second-order valence-electron chi connectivity index (χ2n) is 7.90. The maximum atomic E-state index is 12.9. The third kappa shape index (κ3) is 5.22. The molecule has 3 amide bonds. The second-order valence-corrected chi connectivity index (χ2v) is 8.90. The van der Waals surface area contributed by atoms with Crippen LogP contribution in [0.15, 0.2) is 41.3 Å². The standard InChI is InChI=1S/C25H26N2O7S/c1-31-19-10-15(11-20(32-2)22(19)33-3)12-21-24(29)27(25(30)35-21)9-8-26-23(28)17-13-16-6-4-5-7-18(16)34-14-17/h4-7,10-12,17H,8-9,13-14H2,1-3H3,(H,26,28)/b21-12+. The molecule has 0 saturated carbocycles. The molecular formula is C25H26N2O7S. The van der Waals surface area contributed by atoms with Crippen molar-refractivity contribution in [1.29, 1.82) is 0 Å². The molecule has 4 rings (SSSR count). The number of benzene rings is 2. The molecule has 9 nitrogen and oxygen atoms in total. The first-order valence-corrected chi connectivity index (χ1v) is 11.8. The summed E-state index contributed by atoms with van der Waals surface area (Å²) in [5.74, 6) is 1.21. The largest absolute Gasteiger partial charge is 0.493 e. The van der Waals surface area contributed by atoms with E-state index >= 15 is 0 Å². The number of nitrogens with zero attached hydrogens (tertiary/aromatic N) is 1. The molecule has 0 aliphatic carbocycles. The summed E-state index contributed by atoms with van der Waals surface area (Å²) in [5.41, 5.74) is 1.61. The van der Waals surface area contributed by atoms with Crippen molar-refractivity contribution >= 4 is 34.9 Å². The van der Waals surface area contributed by atoms with Crippen LogP contribution in [-0.2, 0) is 16.0 Å². The molecule has 2 aliphatic heterocycles. The van der Waals surface area contributed by atoms with Gasteiger partial charge >= 0.3 is 0 Å². The predicted octanol–water partition coefficient (Wildman–Crippen LogP) is 3.12. The molecule has 184 valence electrons. The van der Waals surface area contributed by atoms with Gasteiger partial charge in [0.2, 0.25) is 11.7 Å². The minimum atomic E-state index is -0.419. The van der Waals surface area contributed by atoms with Crippen LogP contribution in [0, 0.1) is 5.92 Å². The van der Waals surface area contributed by atoms with Crippen LogP contribution in [0.5, 0.6) is 23.0 Å². The van der Waals surface area contributed by atoms with Crippen LogP contribution in [0.3, 0.4) is 0 Å². The van der Waals surface area contributed by atoms with Gasteiger partial charge in [-0.15, -0.1) is 0 Å². The molecule has 1 unspecified atom stereocenters. The maximum Gasteiger partial charge on any atom is 0.293 e. The molecule has 0 spiro atoms. The van der Waals surface area contributed by atoms with Crippen molar-refractivity contribution in [2.24, 2.45) is 5.92 Å². The molecule has 2 aromatic carbocycles. The Kier molecular flexibility index (Phi) is 7.50. The fraction of sp³-hybridized carbons (Fsp3) is 0.320. The number of fused-ring (bicyclic) bond motifs is 1. The molecule has 1 fully saturated rings. The van der Waals surface area contributed by atoms with Gasteiger partial charge in [-0.3, -0.25) is 19.3 Å². The van der Waals surface area contributed by atoms with Crippen LogP contribution >= 0.6 is 11.8 Å². The Labute approximate surface area is 207 Å². The highest BCUT2D eigenvalue weighted by molar-refractivity contribution is 8.18. The first-order valence-electron chi connectivity index (χ1n) is 11.0. The molecule has 2 aliphatic rings. The number of ether oxygens (including phenoxy) is 4. The van der Waals surface area contributed by atoms with E-state index in [2.05, 4.69) is 5.32 Å². The molecule has 0 aromatic heterocycles. The smallest absolute Gasteiger partial charge is 0.293 e. The van der Waals surface area contributed by atoms with Gasteiger partial charge in [-0.2, -0.15) is 0 Å². The van der Waals surface area contributed by atoms with Crippen molar-refractivity contribution in [3.05, 3.63) is 52.4 Å². The molecule has 1 saturated heterocycles. The van der Waals surface area contributed by atoms with Crippen molar-refractivity contribution in [2.75, 3.05) is 41.0 Å². The summed E-state index contributed by atoms with van der Waals surface area (Å²) in [5, 5.41) is 2.43. The van der Waals surface area contributed by atoms with Gasteiger partial charge in [0.25, 0.3) is 11.1 Å². The van der Waals surface area contributed by atoms with Crippen LogP contribution in [-0.4, -0.2) is 63.0 Å². The number of rotatable bonds is 8. The molecule has 0 radical (unpaired) electrons. The van der Waals surface area contributed by atoms with Crippen molar-refractivity contribution < 1.29 is 33.3 Å². The highest BCUT2D eigenvalue weighted by Gasteiger charge is 2.35. The average Bonchev–Trinajstić information content (AvgIpc) is 3.14. The fourth-order valence-electron chi connectivity index (χ4n) is 3.96. The lowest BCUT2D eigenvalue weighted by molar-refractivity contribution is -0.127. The molecule has 10 heteroatoms. The highest BCUT2D eigenvalue weighted by atomic mass is 32.2. The molecule has 2 heterocycles. The average molecular weight is 499 g/mol. The third-order valence-electron chi connectivity index (χ3n) is 5.74. The van der Waals surface area contributed by atoms with Crippen molar-refractivity contribution in [3.8, 4) is 23.0 Å². The maximum absolute atomic E-state index is 12.9. The number of methoxy groups -OCH3 is 3. The molecular weight excluding hydrogens is 472 g/mol. The summed E-state index contributed by atoms with van der Waals surface area (Å²) < 4.78 is 21.7. The Balaban J connectivity index is 1.37. The van der Waals surface area contributed by atoms with Crippen molar-refractivity contribution in [1.82, 2.24) is 10.2 Å². The quantitative estimate of drug-likeness (QED) is 0.554. The molecule has 1 atom stereocenters. The number of nitrogens with one attached hydrogen (secondary N) is 1. The Bertz CT molecular complexity index is 1160. The summed E-state index contributed by atoms with van der Waals surface area (Å²) in [6.45, 7) is 0.529. The van der Waals surface area contributed by atoms with Crippen LogP contribution in [0.25, 0.3) is 6.08 Å². The Morgan fingerprint density at radius 3 is 2.54 bits per heavy atom.